The van der Waals surface area contributed by atoms with Gasteiger partial charge in [-0.25, -0.2) is 13.4 Å². The summed E-state index contributed by atoms with van der Waals surface area (Å²) in [5.74, 6) is 0. The van der Waals surface area contributed by atoms with Crippen LogP contribution in [0.4, 0.5) is 0 Å². The molecular weight excluding hydrogens is 262 g/mol. The standard InChI is InChI=1S/C13H23N3O2S/c1-5-11(3)16(6-2)19(17,18)13-8-7-12(9-14-4)10-15-13/h7-8,10-11,14H,5-6,9H2,1-4H3. The monoisotopic (exact) mass is 285 g/mol. The molecule has 0 aliphatic rings. The molecule has 108 valence electrons. The molecule has 0 spiro atoms. The summed E-state index contributed by atoms with van der Waals surface area (Å²) in [4.78, 5) is 4.08. The number of pyridine rings is 1. The highest BCUT2D eigenvalue weighted by molar-refractivity contribution is 7.89. The Morgan fingerprint density at radius 2 is 2.05 bits per heavy atom. The van der Waals surface area contributed by atoms with Crippen LogP contribution in [0, 0.1) is 0 Å². The molecule has 0 radical (unpaired) electrons. The van der Waals surface area contributed by atoms with Crippen LogP contribution in [-0.2, 0) is 16.6 Å². The molecule has 1 heterocycles. The molecule has 1 N–H and O–H groups in total. The Kier molecular flexibility index (Phi) is 5.90. The van der Waals surface area contributed by atoms with E-state index in [0.717, 1.165) is 12.0 Å². The van der Waals surface area contributed by atoms with Gasteiger partial charge in [0.25, 0.3) is 10.0 Å². The highest BCUT2D eigenvalue weighted by Crippen LogP contribution is 2.17. The third kappa shape index (κ3) is 3.75. The van der Waals surface area contributed by atoms with Crippen molar-refractivity contribution in [2.24, 2.45) is 0 Å². The first-order chi connectivity index (χ1) is 8.97. The summed E-state index contributed by atoms with van der Waals surface area (Å²) < 4.78 is 26.5. The Bertz CT molecular complexity index is 485. The van der Waals surface area contributed by atoms with Crippen molar-refractivity contribution in [1.29, 1.82) is 0 Å². The number of nitrogens with zero attached hydrogens (tertiary/aromatic N) is 2. The van der Waals surface area contributed by atoms with Crippen LogP contribution in [0.5, 0.6) is 0 Å². The van der Waals surface area contributed by atoms with Gasteiger partial charge in [-0.15, -0.1) is 0 Å². The Morgan fingerprint density at radius 1 is 1.37 bits per heavy atom. The van der Waals surface area contributed by atoms with Gasteiger partial charge in [-0.1, -0.05) is 19.9 Å². The zero-order chi connectivity index (χ0) is 14.5. The van der Waals surface area contributed by atoms with Crippen LogP contribution in [0.15, 0.2) is 23.4 Å². The van der Waals surface area contributed by atoms with E-state index in [9.17, 15) is 8.42 Å². The lowest BCUT2D eigenvalue weighted by Gasteiger charge is -2.25. The van der Waals surface area contributed by atoms with Gasteiger partial charge in [0, 0.05) is 25.3 Å². The number of hydrogen-bond donors (Lipinski definition) is 1. The topological polar surface area (TPSA) is 62.3 Å². The molecule has 0 aliphatic heterocycles. The second-order valence-corrected chi connectivity index (χ2v) is 6.34. The smallest absolute Gasteiger partial charge is 0.260 e. The van der Waals surface area contributed by atoms with Gasteiger partial charge in [-0.05, 0) is 32.0 Å². The summed E-state index contributed by atoms with van der Waals surface area (Å²) in [5.41, 5.74) is 0.966. The predicted molar refractivity (Wildman–Crippen MR) is 76.3 cm³/mol. The number of nitrogens with one attached hydrogen (secondary N) is 1. The van der Waals surface area contributed by atoms with Crippen molar-refractivity contribution in [1.82, 2.24) is 14.6 Å². The summed E-state index contributed by atoms with van der Waals surface area (Å²) in [6.45, 7) is 6.87. The molecule has 0 bridgehead atoms. The first-order valence-electron chi connectivity index (χ1n) is 6.58. The molecule has 1 atom stereocenters. The zero-order valence-electron chi connectivity index (χ0n) is 12.0. The van der Waals surface area contributed by atoms with Crippen molar-refractivity contribution in [3.05, 3.63) is 23.9 Å². The van der Waals surface area contributed by atoms with E-state index in [1.165, 1.54) is 4.31 Å². The molecule has 5 nitrogen and oxygen atoms in total. The zero-order valence-corrected chi connectivity index (χ0v) is 12.9. The van der Waals surface area contributed by atoms with Gasteiger partial charge >= 0.3 is 0 Å². The summed E-state index contributed by atoms with van der Waals surface area (Å²) >= 11 is 0. The van der Waals surface area contributed by atoms with Gasteiger partial charge in [-0.2, -0.15) is 4.31 Å². The molecule has 0 saturated carbocycles. The van der Waals surface area contributed by atoms with Crippen molar-refractivity contribution in [2.75, 3.05) is 13.6 Å². The lowest BCUT2D eigenvalue weighted by molar-refractivity contribution is 0.341. The van der Waals surface area contributed by atoms with E-state index in [0.29, 0.717) is 13.1 Å². The quantitative estimate of drug-likeness (QED) is 0.827. The minimum absolute atomic E-state index is 0.0196. The summed E-state index contributed by atoms with van der Waals surface area (Å²) in [6, 6.07) is 3.35. The molecule has 1 aromatic rings. The van der Waals surface area contributed by atoms with Gasteiger partial charge in [0.2, 0.25) is 0 Å². The molecule has 6 heteroatoms. The SMILES string of the molecule is CCC(C)N(CC)S(=O)(=O)c1ccc(CNC)cn1. The first kappa shape index (κ1) is 16.1. The molecule has 0 amide bonds. The largest absolute Gasteiger partial charge is 0.316 e. The van der Waals surface area contributed by atoms with Crippen LogP contribution in [-0.4, -0.2) is 37.3 Å². The van der Waals surface area contributed by atoms with Crippen molar-refractivity contribution in [3.8, 4) is 0 Å². The first-order valence-corrected chi connectivity index (χ1v) is 8.02. The average molecular weight is 285 g/mol. The van der Waals surface area contributed by atoms with E-state index in [4.69, 9.17) is 0 Å². The molecule has 1 rings (SSSR count). The van der Waals surface area contributed by atoms with Crippen molar-refractivity contribution in [3.63, 3.8) is 0 Å². The summed E-state index contributed by atoms with van der Waals surface area (Å²) in [7, 11) is -1.65. The van der Waals surface area contributed by atoms with E-state index in [1.807, 2.05) is 27.8 Å². The van der Waals surface area contributed by atoms with Crippen molar-refractivity contribution < 1.29 is 8.42 Å². The van der Waals surface area contributed by atoms with E-state index in [-0.39, 0.29) is 11.1 Å². The third-order valence-electron chi connectivity index (χ3n) is 3.15. The molecule has 1 aromatic heterocycles. The van der Waals surface area contributed by atoms with Crippen LogP contribution >= 0.6 is 0 Å². The van der Waals surface area contributed by atoms with E-state index < -0.39 is 10.0 Å². The van der Waals surface area contributed by atoms with Crippen molar-refractivity contribution in [2.45, 2.75) is 44.8 Å². The molecule has 1 unspecified atom stereocenters. The second kappa shape index (κ2) is 6.98. The fraction of sp³-hybridized carbons (Fsp3) is 0.615. The molecule has 19 heavy (non-hydrogen) atoms. The van der Waals surface area contributed by atoms with Gasteiger partial charge in [0.05, 0.1) is 0 Å². The Hall–Kier alpha value is -0.980. The van der Waals surface area contributed by atoms with Crippen LogP contribution in [0.25, 0.3) is 0 Å². The third-order valence-corrected chi connectivity index (χ3v) is 5.15. The maximum atomic E-state index is 12.5. The van der Waals surface area contributed by atoms with E-state index in [1.54, 1.807) is 18.3 Å². The lowest BCUT2D eigenvalue weighted by Crippen LogP contribution is -2.38. The summed E-state index contributed by atoms with van der Waals surface area (Å²) in [6.07, 6.45) is 2.39. The average Bonchev–Trinajstić information content (AvgIpc) is 2.40. The molecule has 0 fully saturated rings. The number of hydrogen-bond acceptors (Lipinski definition) is 4. The minimum atomic E-state index is -3.49. The van der Waals surface area contributed by atoms with E-state index in [2.05, 4.69) is 10.3 Å². The van der Waals surface area contributed by atoms with Gasteiger partial charge in [0.15, 0.2) is 5.03 Å². The van der Waals surface area contributed by atoms with Gasteiger partial charge < -0.3 is 5.32 Å². The molecule has 0 aromatic carbocycles. The lowest BCUT2D eigenvalue weighted by atomic mass is 10.3. The Morgan fingerprint density at radius 3 is 2.47 bits per heavy atom. The van der Waals surface area contributed by atoms with Crippen LogP contribution in [0.2, 0.25) is 0 Å². The molecule has 0 saturated heterocycles. The predicted octanol–water partition coefficient (Wildman–Crippen LogP) is 1.61. The highest BCUT2D eigenvalue weighted by atomic mass is 32.2. The van der Waals surface area contributed by atoms with Crippen LogP contribution in [0.1, 0.15) is 32.8 Å². The fourth-order valence-corrected chi connectivity index (χ4v) is 3.54. The second-order valence-electron chi connectivity index (χ2n) is 4.50. The van der Waals surface area contributed by atoms with E-state index >= 15 is 0 Å². The number of rotatable bonds is 7. The fourth-order valence-electron chi connectivity index (χ4n) is 1.91. The van der Waals surface area contributed by atoms with Gasteiger partial charge in [-0.3, -0.25) is 0 Å². The number of aromatic nitrogens is 1. The number of sulfonamides is 1. The normalized spacial score (nSPS) is 13.7. The molecule has 0 aliphatic carbocycles. The van der Waals surface area contributed by atoms with Crippen molar-refractivity contribution >= 4 is 10.0 Å². The van der Waals surface area contributed by atoms with Crippen LogP contribution < -0.4 is 5.32 Å². The minimum Gasteiger partial charge on any atom is -0.316 e. The molecular formula is C13H23N3O2S. The van der Waals surface area contributed by atoms with Crippen LogP contribution in [0.3, 0.4) is 0 Å². The Balaban J connectivity index is 3.04. The maximum Gasteiger partial charge on any atom is 0.260 e. The summed E-state index contributed by atoms with van der Waals surface area (Å²) in [5, 5.41) is 3.12. The highest BCUT2D eigenvalue weighted by Gasteiger charge is 2.27. The van der Waals surface area contributed by atoms with Gasteiger partial charge in [0.1, 0.15) is 0 Å². The maximum absolute atomic E-state index is 12.5. The Labute approximate surface area is 116 Å².